The lowest BCUT2D eigenvalue weighted by Gasteiger charge is -2.19. The Hall–Kier alpha value is -3.61. The third-order valence-corrected chi connectivity index (χ3v) is 6.69. The molecule has 34 heavy (non-hydrogen) atoms. The van der Waals surface area contributed by atoms with E-state index in [0.29, 0.717) is 6.42 Å². The number of carboxylic acids is 1. The number of fused-ring (bicyclic) bond motifs is 3. The summed E-state index contributed by atoms with van der Waals surface area (Å²) < 4.78 is 5.58. The normalized spacial score (nSPS) is 19.4. The molecule has 3 atom stereocenters. The van der Waals surface area contributed by atoms with Crippen LogP contribution in [-0.2, 0) is 14.3 Å². The summed E-state index contributed by atoms with van der Waals surface area (Å²) in [5.41, 5.74) is 4.63. The molecule has 7 nitrogen and oxygen atoms in total. The Morgan fingerprint density at radius 2 is 1.62 bits per heavy atom. The van der Waals surface area contributed by atoms with E-state index in [1.807, 2.05) is 38.1 Å². The SMILES string of the molecule is CC(C)C(CNC(=O)C1C=CC(NC(=O)OCC2c3ccccc3-c3ccccc32)C1)C(=O)O. The summed E-state index contributed by atoms with van der Waals surface area (Å²) >= 11 is 0. The second kappa shape index (κ2) is 10.1. The van der Waals surface area contributed by atoms with Gasteiger partial charge in [-0.05, 0) is 34.6 Å². The van der Waals surface area contributed by atoms with Gasteiger partial charge in [0.15, 0.2) is 0 Å². The molecule has 0 saturated heterocycles. The fourth-order valence-electron chi connectivity index (χ4n) is 4.74. The number of carboxylic acid groups (broad SMARTS) is 1. The summed E-state index contributed by atoms with van der Waals surface area (Å²) in [4.78, 5) is 36.3. The van der Waals surface area contributed by atoms with E-state index in [-0.39, 0.29) is 36.9 Å². The molecular formula is C27H30N2O5. The third kappa shape index (κ3) is 4.98. The predicted octanol–water partition coefficient (Wildman–Crippen LogP) is 3.94. The Balaban J connectivity index is 1.27. The number of carbonyl (C=O) groups is 3. The Kier molecular flexibility index (Phi) is 7.01. The number of benzene rings is 2. The van der Waals surface area contributed by atoms with Gasteiger partial charge in [0, 0.05) is 12.5 Å². The van der Waals surface area contributed by atoms with Crippen LogP contribution in [0.3, 0.4) is 0 Å². The van der Waals surface area contributed by atoms with Crippen LogP contribution in [0.5, 0.6) is 0 Å². The van der Waals surface area contributed by atoms with Crippen molar-refractivity contribution in [2.45, 2.75) is 32.2 Å². The Bertz CT molecular complexity index is 1060. The summed E-state index contributed by atoms with van der Waals surface area (Å²) in [5.74, 6) is -2.31. The maximum atomic E-state index is 12.5. The van der Waals surface area contributed by atoms with Crippen molar-refractivity contribution in [3.63, 3.8) is 0 Å². The van der Waals surface area contributed by atoms with Gasteiger partial charge in [-0.3, -0.25) is 9.59 Å². The van der Waals surface area contributed by atoms with Gasteiger partial charge in [-0.15, -0.1) is 0 Å². The van der Waals surface area contributed by atoms with Crippen LogP contribution < -0.4 is 10.6 Å². The van der Waals surface area contributed by atoms with Crippen LogP contribution in [0, 0.1) is 17.8 Å². The number of carbonyl (C=O) groups excluding carboxylic acids is 2. The first-order valence-electron chi connectivity index (χ1n) is 11.7. The van der Waals surface area contributed by atoms with Crippen molar-refractivity contribution in [1.29, 1.82) is 0 Å². The molecule has 0 saturated carbocycles. The molecule has 2 aliphatic rings. The van der Waals surface area contributed by atoms with Crippen LogP contribution in [0.15, 0.2) is 60.7 Å². The molecule has 0 spiro atoms. The Morgan fingerprint density at radius 3 is 2.21 bits per heavy atom. The highest BCUT2D eigenvalue weighted by molar-refractivity contribution is 5.82. The van der Waals surface area contributed by atoms with Crippen molar-refractivity contribution >= 4 is 18.0 Å². The lowest BCUT2D eigenvalue weighted by Crippen LogP contribution is -2.39. The minimum Gasteiger partial charge on any atom is -0.481 e. The van der Waals surface area contributed by atoms with Crippen molar-refractivity contribution in [1.82, 2.24) is 10.6 Å². The van der Waals surface area contributed by atoms with E-state index in [4.69, 9.17) is 4.74 Å². The fraction of sp³-hybridized carbons (Fsp3) is 0.370. The van der Waals surface area contributed by atoms with E-state index in [9.17, 15) is 19.5 Å². The first kappa shape index (κ1) is 23.5. The third-order valence-electron chi connectivity index (χ3n) is 6.69. The van der Waals surface area contributed by atoms with E-state index >= 15 is 0 Å². The number of hydrogen-bond donors (Lipinski definition) is 3. The molecular weight excluding hydrogens is 432 g/mol. The molecule has 2 amide bonds. The molecule has 0 fully saturated rings. The lowest BCUT2D eigenvalue weighted by atomic mass is 9.95. The predicted molar refractivity (Wildman–Crippen MR) is 128 cm³/mol. The molecule has 2 aromatic carbocycles. The Labute approximate surface area is 199 Å². The molecule has 0 heterocycles. The molecule has 2 aliphatic carbocycles. The number of alkyl carbamates (subject to hydrolysis) is 1. The molecule has 4 rings (SSSR count). The van der Waals surface area contributed by atoms with E-state index in [2.05, 4.69) is 34.9 Å². The smallest absolute Gasteiger partial charge is 0.407 e. The number of rotatable bonds is 8. The average Bonchev–Trinajstić information content (AvgIpc) is 3.40. The quantitative estimate of drug-likeness (QED) is 0.516. The highest BCUT2D eigenvalue weighted by Gasteiger charge is 2.31. The molecule has 0 radical (unpaired) electrons. The molecule has 2 aromatic rings. The standard InChI is InChI=1S/C27H30N2O5/c1-16(2)23(26(31)32)14-28-25(30)17-11-12-18(13-17)29-27(33)34-15-24-21-9-5-3-7-19(21)20-8-4-6-10-22(20)24/h3-12,16-18,23-24H,13-15H2,1-2H3,(H,28,30)(H,29,33)(H,31,32). The molecule has 0 aliphatic heterocycles. The van der Waals surface area contributed by atoms with Crippen molar-refractivity contribution in [2.24, 2.45) is 17.8 Å². The van der Waals surface area contributed by atoms with Crippen molar-refractivity contribution in [2.75, 3.05) is 13.2 Å². The lowest BCUT2D eigenvalue weighted by molar-refractivity contribution is -0.143. The van der Waals surface area contributed by atoms with Crippen molar-refractivity contribution in [3.8, 4) is 11.1 Å². The highest BCUT2D eigenvalue weighted by Crippen LogP contribution is 2.44. The number of aliphatic carboxylic acids is 1. The number of nitrogens with one attached hydrogen (secondary N) is 2. The first-order valence-corrected chi connectivity index (χ1v) is 11.7. The van der Waals surface area contributed by atoms with Gasteiger partial charge in [0.1, 0.15) is 6.61 Å². The van der Waals surface area contributed by atoms with Crippen LogP contribution in [0.2, 0.25) is 0 Å². The van der Waals surface area contributed by atoms with Crippen LogP contribution in [0.1, 0.15) is 37.3 Å². The molecule has 3 unspecified atom stereocenters. The number of ether oxygens (including phenoxy) is 1. The Morgan fingerprint density at radius 1 is 1.00 bits per heavy atom. The van der Waals surface area contributed by atoms with Crippen LogP contribution in [0.4, 0.5) is 4.79 Å². The van der Waals surface area contributed by atoms with Gasteiger partial charge in [0.25, 0.3) is 0 Å². The molecule has 0 bridgehead atoms. The van der Waals surface area contributed by atoms with Gasteiger partial charge in [0.05, 0.1) is 17.9 Å². The van der Waals surface area contributed by atoms with Crippen molar-refractivity contribution < 1.29 is 24.2 Å². The maximum absolute atomic E-state index is 12.5. The van der Waals surface area contributed by atoms with E-state index in [1.165, 1.54) is 11.1 Å². The summed E-state index contributed by atoms with van der Waals surface area (Å²) in [7, 11) is 0. The molecule has 7 heteroatoms. The molecule has 178 valence electrons. The van der Waals surface area contributed by atoms with Crippen LogP contribution in [0.25, 0.3) is 11.1 Å². The zero-order valence-electron chi connectivity index (χ0n) is 19.4. The zero-order valence-corrected chi connectivity index (χ0v) is 19.4. The maximum Gasteiger partial charge on any atom is 0.407 e. The topological polar surface area (TPSA) is 105 Å². The minimum absolute atomic E-state index is 0.0149. The summed E-state index contributed by atoms with van der Waals surface area (Å²) in [6, 6.07) is 16.0. The van der Waals surface area contributed by atoms with Gasteiger partial charge in [-0.2, -0.15) is 0 Å². The van der Waals surface area contributed by atoms with Crippen molar-refractivity contribution in [3.05, 3.63) is 71.8 Å². The monoisotopic (exact) mass is 462 g/mol. The van der Waals surface area contributed by atoms with Gasteiger partial charge in [-0.25, -0.2) is 4.79 Å². The second-order valence-electron chi connectivity index (χ2n) is 9.24. The molecule has 0 aromatic heterocycles. The van der Waals surface area contributed by atoms with E-state index in [0.717, 1.165) is 11.1 Å². The number of amides is 2. The summed E-state index contributed by atoms with van der Waals surface area (Å²) in [6.45, 7) is 3.94. The van der Waals surface area contributed by atoms with Gasteiger partial charge in [-0.1, -0.05) is 74.5 Å². The minimum atomic E-state index is -0.924. The van der Waals surface area contributed by atoms with Gasteiger partial charge >= 0.3 is 12.1 Å². The number of hydrogen-bond acceptors (Lipinski definition) is 4. The fourth-order valence-corrected chi connectivity index (χ4v) is 4.74. The zero-order chi connectivity index (χ0) is 24.2. The molecule has 3 N–H and O–H groups in total. The second-order valence-corrected chi connectivity index (χ2v) is 9.24. The first-order chi connectivity index (χ1) is 16.3. The van der Waals surface area contributed by atoms with E-state index in [1.54, 1.807) is 12.2 Å². The van der Waals surface area contributed by atoms with Gasteiger partial charge < -0.3 is 20.5 Å². The highest BCUT2D eigenvalue weighted by atomic mass is 16.5. The van der Waals surface area contributed by atoms with Crippen LogP contribution >= 0.6 is 0 Å². The van der Waals surface area contributed by atoms with Crippen LogP contribution in [-0.4, -0.2) is 42.3 Å². The summed E-state index contributed by atoms with van der Waals surface area (Å²) in [5, 5.41) is 14.8. The summed E-state index contributed by atoms with van der Waals surface area (Å²) in [6.07, 6.45) is 3.41. The van der Waals surface area contributed by atoms with Gasteiger partial charge in [0.2, 0.25) is 5.91 Å². The average molecular weight is 463 g/mol. The largest absolute Gasteiger partial charge is 0.481 e. The van der Waals surface area contributed by atoms with E-state index < -0.39 is 23.9 Å².